The molecule has 1 aromatic carbocycles. The van der Waals surface area contributed by atoms with Gasteiger partial charge < -0.3 is 25.4 Å². The summed E-state index contributed by atoms with van der Waals surface area (Å²) in [6, 6.07) is 5.50. The molecule has 0 spiro atoms. The summed E-state index contributed by atoms with van der Waals surface area (Å²) in [5, 5.41) is 9.17. The van der Waals surface area contributed by atoms with Crippen LogP contribution < -0.4 is 25.4 Å². The Labute approximate surface area is 167 Å². The number of guanidine groups is 1. The summed E-state index contributed by atoms with van der Waals surface area (Å²) in [7, 11) is 4.85. The van der Waals surface area contributed by atoms with Crippen LogP contribution in [-0.4, -0.2) is 46.2 Å². The van der Waals surface area contributed by atoms with Gasteiger partial charge in [0.05, 0.1) is 19.6 Å². The summed E-state index contributed by atoms with van der Waals surface area (Å²) in [6.45, 7) is 6.73. The number of hydrogen-bond donors (Lipinski definition) is 3. The topological polar surface area (TPSA) is 84.0 Å². The Hall–Kier alpha value is -1.71. The number of aliphatic imine (C=N–C) groups is 1. The lowest BCUT2D eigenvalue weighted by Crippen LogP contribution is -2.46. The molecule has 1 amide bonds. The number of anilines is 1. The van der Waals surface area contributed by atoms with E-state index in [2.05, 4.69) is 20.9 Å². The fraction of sp³-hybridized carbons (Fsp3) is 0.529. The Bertz CT molecular complexity index is 591. The molecule has 0 aliphatic rings. The van der Waals surface area contributed by atoms with Crippen molar-refractivity contribution in [3.05, 3.63) is 18.2 Å². The number of rotatable bonds is 7. The van der Waals surface area contributed by atoms with Gasteiger partial charge in [-0.1, -0.05) is 0 Å². The van der Waals surface area contributed by atoms with Gasteiger partial charge in [0.2, 0.25) is 5.91 Å². The molecule has 3 N–H and O–H groups in total. The van der Waals surface area contributed by atoms with Gasteiger partial charge in [0, 0.05) is 31.9 Å². The zero-order valence-corrected chi connectivity index (χ0v) is 18.1. The minimum Gasteiger partial charge on any atom is -0.493 e. The van der Waals surface area contributed by atoms with Crippen molar-refractivity contribution in [1.82, 2.24) is 10.6 Å². The number of amides is 1. The van der Waals surface area contributed by atoms with E-state index in [-0.39, 0.29) is 29.9 Å². The van der Waals surface area contributed by atoms with Crippen LogP contribution in [0.4, 0.5) is 5.69 Å². The SMILES string of the molecule is CCNC(=O)C(C)(C)CNC(=NC)Nc1ccc(OC)c(OC)c1.I. The first kappa shape index (κ1) is 23.3. The van der Waals surface area contributed by atoms with Crippen LogP contribution in [0.15, 0.2) is 23.2 Å². The van der Waals surface area contributed by atoms with Gasteiger partial charge in [0.1, 0.15) is 0 Å². The van der Waals surface area contributed by atoms with Gasteiger partial charge in [-0.15, -0.1) is 24.0 Å². The molecular weight excluding hydrogens is 435 g/mol. The third kappa shape index (κ3) is 6.97. The average molecular weight is 464 g/mol. The maximum atomic E-state index is 12.0. The van der Waals surface area contributed by atoms with E-state index in [1.807, 2.05) is 39.0 Å². The molecule has 7 nitrogen and oxygen atoms in total. The van der Waals surface area contributed by atoms with Crippen molar-refractivity contribution < 1.29 is 14.3 Å². The first-order valence-corrected chi connectivity index (χ1v) is 7.86. The molecule has 0 unspecified atom stereocenters. The summed E-state index contributed by atoms with van der Waals surface area (Å²) in [5.74, 6) is 1.85. The summed E-state index contributed by atoms with van der Waals surface area (Å²) in [6.07, 6.45) is 0. The highest BCUT2D eigenvalue weighted by molar-refractivity contribution is 14.0. The molecule has 1 rings (SSSR count). The third-order valence-corrected chi connectivity index (χ3v) is 3.52. The van der Waals surface area contributed by atoms with Crippen LogP contribution in [0.2, 0.25) is 0 Å². The van der Waals surface area contributed by atoms with E-state index in [4.69, 9.17) is 9.47 Å². The highest BCUT2D eigenvalue weighted by Crippen LogP contribution is 2.29. The van der Waals surface area contributed by atoms with Crippen LogP contribution in [0.3, 0.4) is 0 Å². The van der Waals surface area contributed by atoms with Gasteiger partial charge in [-0.2, -0.15) is 0 Å². The number of ether oxygens (including phenoxy) is 2. The molecule has 0 bridgehead atoms. The lowest BCUT2D eigenvalue weighted by molar-refractivity contribution is -0.128. The highest BCUT2D eigenvalue weighted by Gasteiger charge is 2.27. The van der Waals surface area contributed by atoms with Gasteiger partial charge in [-0.3, -0.25) is 9.79 Å². The van der Waals surface area contributed by atoms with E-state index in [1.165, 1.54) is 0 Å². The van der Waals surface area contributed by atoms with Gasteiger partial charge in [-0.05, 0) is 32.9 Å². The van der Waals surface area contributed by atoms with Crippen LogP contribution >= 0.6 is 24.0 Å². The first-order valence-electron chi connectivity index (χ1n) is 7.86. The number of carbonyl (C=O) groups excluding carboxylic acids is 1. The molecule has 0 fully saturated rings. The minimum absolute atomic E-state index is 0. The Morgan fingerprint density at radius 2 is 1.80 bits per heavy atom. The normalized spacial score (nSPS) is 11.2. The lowest BCUT2D eigenvalue weighted by Gasteiger charge is -2.25. The number of nitrogens with zero attached hydrogens (tertiary/aromatic N) is 1. The van der Waals surface area contributed by atoms with Crippen molar-refractivity contribution in [2.75, 3.05) is 39.7 Å². The van der Waals surface area contributed by atoms with E-state index in [0.29, 0.717) is 30.5 Å². The van der Waals surface area contributed by atoms with E-state index >= 15 is 0 Å². The zero-order chi connectivity index (χ0) is 18.2. The van der Waals surface area contributed by atoms with Crippen LogP contribution in [0.5, 0.6) is 11.5 Å². The minimum atomic E-state index is -0.550. The summed E-state index contributed by atoms with van der Waals surface area (Å²) in [4.78, 5) is 16.2. The molecule has 0 aliphatic heterocycles. The third-order valence-electron chi connectivity index (χ3n) is 3.52. The molecule has 0 saturated carbocycles. The van der Waals surface area contributed by atoms with E-state index in [1.54, 1.807) is 21.3 Å². The molecule has 0 radical (unpaired) electrons. The molecule has 0 aliphatic carbocycles. The molecule has 0 saturated heterocycles. The zero-order valence-electron chi connectivity index (χ0n) is 15.7. The average Bonchev–Trinajstić information content (AvgIpc) is 2.58. The number of nitrogens with one attached hydrogen (secondary N) is 3. The van der Waals surface area contributed by atoms with Gasteiger partial charge >= 0.3 is 0 Å². The summed E-state index contributed by atoms with van der Waals surface area (Å²) in [5.41, 5.74) is 0.252. The summed E-state index contributed by atoms with van der Waals surface area (Å²) >= 11 is 0. The van der Waals surface area contributed by atoms with Crippen molar-refractivity contribution in [2.24, 2.45) is 10.4 Å². The Morgan fingerprint density at radius 1 is 1.16 bits per heavy atom. The number of halogens is 1. The lowest BCUT2D eigenvalue weighted by atomic mass is 9.92. The van der Waals surface area contributed by atoms with Crippen LogP contribution in [0.25, 0.3) is 0 Å². The van der Waals surface area contributed by atoms with Crippen LogP contribution in [0, 0.1) is 5.41 Å². The number of carbonyl (C=O) groups is 1. The Morgan fingerprint density at radius 3 is 2.32 bits per heavy atom. The molecular formula is C17H29IN4O3. The molecule has 0 heterocycles. The predicted octanol–water partition coefficient (Wildman–Crippen LogP) is 2.47. The van der Waals surface area contributed by atoms with E-state index in [0.717, 1.165) is 5.69 Å². The van der Waals surface area contributed by atoms with Crippen LogP contribution in [0.1, 0.15) is 20.8 Å². The first-order chi connectivity index (χ1) is 11.4. The van der Waals surface area contributed by atoms with Gasteiger partial charge in [-0.25, -0.2) is 0 Å². The second kappa shape index (κ2) is 11.0. The largest absolute Gasteiger partial charge is 0.493 e. The molecule has 8 heteroatoms. The molecule has 0 aromatic heterocycles. The fourth-order valence-corrected chi connectivity index (χ4v) is 2.01. The van der Waals surface area contributed by atoms with Gasteiger partial charge in [0.25, 0.3) is 0 Å². The van der Waals surface area contributed by atoms with E-state index in [9.17, 15) is 4.79 Å². The van der Waals surface area contributed by atoms with Crippen molar-refractivity contribution in [2.45, 2.75) is 20.8 Å². The second-order valence-corrected chi connectivity index (χ2v) is 5.86. The highest BCUT2D eigenvalue weighted by atomic mass is 127. The summed E-state index contributed by atoms with van der Waals surface area (Å²) < 4.78 is 10.5. The smallest absolute Gasteiger partial charge is 0.227 e. The van der Waals surface area contributed by atoms with Crippen molar-refractivity contribution in [1.29, 1.82) is 0 Å². The van der Waals surface area contributed by atoms with Crippen LogP contribution in [-0.2, 0) is 4.79 Å². The number of methoxy groups -OCH3 is 2. The maximum Gasteiger partial charge on any atom is 0.227 e. The standard InChI is InChI=1S/C17H28N4O3.HI/c1-7-19-15(22)17(2,3)11-20-16(18-4)21-12-8-9-13(23-5)14(10-12)24-6;/h8-10H,7,11H2,1-6H3,(H,19,22)(H2,18,20,21);1H. The molecule has 0 atom stereocenters. The number of hydrogen-bond acceptors (Lipinski definition) is 4. The molecule has 142 valence electrons. The monoisotopic (exact) mass is 464 g/mol. The molecule has 25 heavy (non-hydrogen) atoms. The fourth-order valence-electron chi connectivity index (χ4n) is 2.01. The van der Waals surface area contributed by atoms with Crippen molar-refractivity contribution in [3.63, 3.8) is 0 Å². The molecule has 1 aromatic rings. The Kier molecular flexibility index (Phi) is 10.3. The van der Waals surface area contributed by atoms with Gasteiger partial charge in [0.15, 0.2) is 17.5 Å². The van der Waals surface area contributed by atoms with Crippen molar-refractivity contribution >= 4 is 41.5 Å². The predicted molar refractivity (Wildman–Crippen MR) is 112 cm³/mol. The van der Waals surface area contributed by atoms with E-state index < -0.39 is 5.41 Å². The van der Waals surface area contributed by atoms with Crippen molar-refractivity contribution in [3.8, 4) is 11.5 Å². The quantitative estimate of drug-likeness (QED) is 0.328. The Balaban J connectivity index is 0.00000576. The number of benzene rings is 1. The second-order valence-electron chi connectivity index (χ2n) is 5.86. The maximum absolute atomic E-state index is 12.0.